The number of amides is 2. The van der Waals surface area contributed by atoms with Gasteiger partial charge in [0.25, 0.3) is 11.8 Å². The molecule has 0 radical (unpaired) electrons. The summed E-state index contributed by atoms with van der Waals surface area (Å²) in [5.74, 6) is 0.420. The Morgan fingerprint density at radius 1 is 1.23 bits per heavy atom. The molecule has 1 fully saturated rings. The molecule has 2 aromatic heterocycles. The highest BCUT2D eigenvalue weighted by atomic mass is 32.1. The fourth-order valence-electron chi connectivity index (χ4n) is 4.49. The fourth-order valence-corrected chi connectivity index (χ4v) is 5.89. The predicted octanol–water partition coefficient (Wildman–Crippen LogP) is 3.43. The highest BCUT2D eigenvalue weighted by Crippen LogP contribution is 2.40. The van der Waals surface area contributed by atoms with E-state index in [2.05, 4.69) is 17.3 Å². The molecule has 1 saturated heterocycles. The first kappa shape index (κ1) is 21.1. The third kappa shape index (κ3) is 3.78. The van der Waals surface area contributed by atoms with E-state index in [-0.39, 0.29) is 11.8 Å². The van der Waals surface area contributed by atoms with Crippen LogP contribution in [0.5, 0.6) is 0 Å². The summed E-state index contributed by atoms with van der Waals surface area (Å²) in [4.78, 5) is 29.7. The van der Waals surface area contributed by atoms with Gasteiger partial charge in [0.1, 0.15) is 5.00 Å². The van der Waals surface area contributed by atoms with Crippen molar-refractivity contribution >= 4 is 28.2 Å². The number of aryl methyl sites for hydroxylation is 2. The van der Waals surface area contributed by atoms with Crippen molar-refractivity contribution in [2.24, 2.45) is 5.92 Å². The third-order valence-electron chi connectivity index (χ3n) is 6.16. The van der Waals surface area contributed by atoms with E-state index >= 15 is 0 Å². The Morgan fingerprint density at radius 3 is 2.63 bits per heavy atom. The lowest BCUT2D eigenvalue weighted by Gasteiger charge is -2.28. The van der Waals surface area contributed by atoms with E-state index in [1.165, 1.54) is 4.88 Å². The van der Waals surface area contributed by atoms with Crippen LogP contribution in [0, 0.1) is 19.8 Å². The minimum absolute atomic E-state index is 0.0124. The smallest absolute Gasteiger partial charge is 0.260 e. The van der Waals surface area contributed by atoms with Gasteiger partial charge in [0.2, 0.25) is 0 Å². The van der Waals surface area contributed by atoms with Gasteiger partial charge in [-0.05, 0) is 51.5 Å². The Kier molecular flexibility index (Phi) is 5.97. The summed E-state index contributed by atoms with van der Waals surface area (Å²) < 4.78 is 7.25. The van der Waals surface area contributed by atoms with Crippen molar-refractivity contribution < 1.29 is 14.3 Å². The Labute approximate surface area is 181 Å². The molecule has 4 rings (SSSR count). The molecule has 1 aliphatic heterocycles. The van der Waals surface area contributed by atoms with Gasteiger partial charge in [-0.1, -0.05) is 6.92 Å². The van der Waals surface area contributed by atoms with Gasteiger partial charge in [0, 0.05) is 30.2 Å². The number of hydrogen-bond acceptors (Lipinski definition) is 5. The summed E-state index contributed by atoms with van der Waals surface area (Å²) in [6.07, 6.45) is 2.92. The molecule has 30 heavy (non-hydrogen) atoms. The molecule has 0 spiro atoms. The number of carbonyl (C=O) groups is 2. The average Bonchev–Trinajstić information content (AvgIpc) is 3.23. The van der Waals surface area contributed by atoms with Crippen LogP contribution in [0.4, 0.5) is 5.00 Å². The lowest BCUT2D eigenvalue weighted by molar-refractivity contribution is 0.0303. The zero-order valence-corrected chi connectivity index (χ0v) is 19.0. The molecule has 1 unspecified atom stereocenters. The molecule has 0 saturated carbocycles. The predicted molar refractivity (Wildman–Crippen MR) is 118 cm³/mol. The van der Waals surface area contributed by atoms with E-state index in [0.717, 1.165) is 30.5 Å². The Bertz CT molecular complexity index is 972. The second-order valence-corrected chi connectivity index (χ2v) is 9.38. The number of hydrogen-bond donors (Lipinski definition) is 1. The molecule has 0 aromatic carbocycles. The maximum atomic E-state index is 13.4. The van der Waals surface area contributed by atoms with Crippen molar-refractivity contribution in [1.29, 1.82) is 0 Å². The van der Waals surface area contributed by atoms with Gasteiger partial charge in [-0.3, -0.25) is 14.3 Å². The summed E-state index contributed by atoms with van der Waals surface area (Å²) in [5, 5.41) is 8.23. The first-order valence-electron chi connectivity index (χ1n) is 10.8. The Morgan fingerprint density at radius 2 is 1.97 bits per heavy atom. The number of carbonyl (C=O) groups excluding carboxylic acids is 2. The van der Waals surface area contributed by atoms with Crippen LogP contribution in [0.1, 0.15) is 62.8 Å². The van der Waals surface area contributed by atoms with Gasteiger partial charge >= 0.3 is 0 Å². The third-order valence-corrected chi connectivity index (χ3v) is 7.33. The molecule has 2 amide bonds. The largest absolute Gasteiger partial charge is 0.378 e. The quantitative estimate of drug-likeness (QED) is 0.806. The zero-order valence-electron chi connectivity index (χ0n) is 18.2. The number of nitrogens with zero attached hydrogens (tertiary/aromatic N) is 3. The molecule has 2 aliphatic rings. The van der Waals surface area contributed by atoms with Crippen LogP contribution in [-0.4, -0.2) is 52.8 Å². The zero-order chi connectivity index (χ0) is 21.4. The van der Waals surface area contributed by atoms with Crippen molar-refractivity contribution in [3.63, 3.8) is 0 Å². The number of morpholine rings is 1. The Balaban J connectivity index is 1.69. The number of thiophene rings is 1. The van der Waals surface area contributed by atoms with E-state index in [0.29, 0.717) is 60.6 Å². The van der Waals surface area contributed by atoms with Gasteiger partial charge in [-0.2, -0.15) is 5.10 Å². The van der Waals surface area contributed by atoms with Crippen LogP contribution >= 0.6 is 11.3 Å². The minimum atomic E-state index is -0.188. The van der Waals surface area contributed by atoms with Crippen LogP contribution in [0.25, 0.3) is 0 Å². The molecule has 1 aliphatic carbocycles. The lowest BCUT2D eigenvalue weighted by Crippen LogP contribution is -2.41. The second kappa shape index (κ2) is 8.51. The molecule has 1 atom stereocenters. The van der Waals surface area contributed by atoms with Crippen molar-refractivity contribution in [3.8, 4) is 0 Å². The van der Waals surface area contributed by atoms with Crippen molar-refractivity contribution in [2.75, 3.05) is 31.6 Å². The first-order chi connectivity index (χ1) is 14.4. The number of aromatic nitrogens is 2. The number of nitrogens with one attached hydrogen (secondary N) is 1. The monoisotopic (exact) mass is 430 g/mol. The molecule has 2 aromatic rings. The van der Waals surface area contributed by atoms with E-state index in [4.69, 9.17) is 4.74 Å². The molecule has 162 valence electrons. The summed E-state index contributed by atoms with van der Waals surface area (Å²) in [6, 6.07) is 0. The maximum absolute atomic E-state index is 13.4. The topological polar surface area (TPSA) is 76.5 Å². The van der Waals surface area contributed by atoms with E-state index < -0.39 is 0 Å². The van der Waals surface area contributed by atoms with Gasteiger partial charge < -0.3 is 15.0 Å². The molecule has 1 N–H and O–H groups in total. The van der Waals surface area contributed by atoms with Crippen molar-refractivity contribution in [1.82, 2.24) is 14.7 Å². The summed E-state index contributed by atoms with van der Waals surface area (Å²) in [6.45, 7) is 11.0. The van der Waals surface area contributed by atoms with Gasteiger partial charge in [-0.15, -0.1) is 11.3 Å². The molecular formula is C22H30N4O3S. The summed E-state index contributed by atoms with van der Waals surface area (Å²) in [7, 11) is 0. The number of rotatable bonds is 4. The molecule has 7 nitrogen and oxygen atoms in total. The summed E-state index contributed by atoms with van der Waals surface area (Å²) >= 11 is 1.57. The normalized spacial score (nSPS) is 18.9. The highest BCUT2D eigenvalue weighted by Gasteiger charge is 2.32. The minimum Gasteiger partial charge on any atom is -0.378 e. The average molecular weight is 431 g/mol. The van der Waals surface area contributed by atoms with E-state index in [9.17, 15) is 9.59 Å². The molecule has 8 heteroatoms. The van der Waals surface area contributed by atoms with Crippen molar-refractivity contribution in [3.05, 3.63) is 33.0 Å². The SMILES string of the molecule is CCn1nc(C)c(C(=O)Nc2sc3c(c2C(=O)N2CCOCC2)CCC(C)C3)c1C. The van der Waals surface area contributed by atoms with Crippen LogP contribution in [-0.2, 0) is 24.1 Å². The standard InChI is InChI=1S/C22H30N4O3S/c1-5-26-15(4)18(14(3)24-26)20(27)23-21-19(22(28)25-8-10-29-11-9-25)16-7-6-13(2)12-17(16)30-21/h13H,5-12H2,1-4H3,(H,23,27). The fraction of sp³-hybridized carbons (Fsp3) is 0.591. The number of ether oxygens (including phenoxy) is 1. The first-order valence-corrected chi connectivity index (χ1v) is 11.6. The molecule has 0 bridgehead atoms. The van der Waals surface area contributed by atoms with Crippen LogP contribution < -0.4 is 5.32 Å². The van der Waals surface area contributed by atoms with Crippen molar-refractivity contribution in [2.45, 2.75) is 53.5 Å². The lowest BCUT2D eigenvalue weighted by atomic mass is 9.88. The van der Waals surface area contributed by atoms with E-state index in [1.54, 1.807) is 11.3 Å². The van der Waals surface area contributed by atoms with E-state index in [1.807, 2.05) is 30.4 Å². The molecule has 3 heterocycles. The molecular weight excluding hydrogens is 400 g/mol. The number of anilines is 1. The van der Waals surface area contributed by atoms with Crippen LogP contribution in [0.15, 0.2) is 0 Å². The highest BCUT2D eigenvalue weighted by molar-refractivity contribution is 7.17. The number of fused-ring (bicyclic) bond motifs is 1. The second-order valence-electron chi connectivity index (χ2n) is 8.28. The van der Waals surface area contributed by atoms with Gasteiger partial charge in [0.05, 0.1) is 30.0 Å². The van der Waals surface area contributed by atoms with Gasteiger partial charge in [-0.25, -0.2) is 0 Å². The maximum Gasteiger partial charge on any atom is 0.260 e. The van der Waals surface area contributed by atoms with Crippen LogP contribution in [0.3, 0.4) is 0 Å². The van der Waals surface area contributed by atoms with Gasteiger partial charge in [0.15, 0.2) is 0 Å². The Hall–Kier alpha value is -2.19. The van der Waals surface area contributed by atoms with Crippen LogP contribution in [0.2, 0.25) is 0 Å². The summed E-state index contributed by atoms with van der Waals surface area (Å²) in [5.41, 5.74) is 3.98.